The highest BCUT2D eigenvalue weighted by Gasteiger charge is 2.13. The first-order chi connectivity index (χ1) is 9.11. The summed E-state index contributed by atoms with van der Waals surface area (Å²) in [6, 6.07) is 8.05. The van der Waals surface area contributed by atoms with E-state index in [9.17, 15) is 4.79 Å². The molecule has 0 spiro atoms. The molecule has 0 amide bonds. The molecule has 1 aromatic carbocycles. The molecule has 2 rings (SSSR count). The largest absolute Gasteiger partial charge is 0.328 e. The van der Waals surface area contributed by atoms with Crippen molar-refractivity contribution in [1.29, 1.82) is 0 Å². The predicted molar refractivity (Wildman–Crippen MR) is 81.7 cm³/mol. The van der Waals surface area contributed by atoms with Gasteiger partial charge in [0.25, 0.3) is 0 Å². The highest BCUT2D eigenvalue weighted by molar-refractivity contribution is 8.00. The van der Waals surface area contributed by atoms with Crippen molar-refractivity contribution in [2.75, 3.05) is 5.75 Å². The molecule has 0 atom stereocenters. The molecule has 0 saturated heterocycles. The van der Waals surface area contributed by atoms with Gasteiger partial charge in [0, 0.05) is 6.54 Å². The summed E-state index contributed by atoms with van der Waals surface area (Å²) in [4.78, 5) is 16.6. The molecule has 0 saturated carbocycles. The molecule has 0 bridgehead atoms. The minimum Gasteiger partial charge on any atom is -0.328 e. The summed E-state index contributed by atoms with van der Waals surface area (Å²) in [5.74, 6) is 1.71. The molecule has 2 aromatic rings. The van der Waals surface area contributed by atoms with Crippen LogP contribution in [0.15, 0.2) is 24.3 Å². The van der Waals surface area contributed by atoms with Gasteiger partial charge in [-0.25, -0.2) is 4.98 Å². The fourth-order valence-corrected chi connectivity index (χ4v) is 2.72. The lowest BCUT2D eigenvalue weighted by atomic mass is 10.3. The Hall–Kier alpha value is -1.29. The van der Waals surface area contributed by atoms with Gasteiger partial charge in [-0.2, -0.15) is 11.8 Å². The molecule has 0 radical (unpaired) electrons. The smallest absolute Gasteiger partial charge is 0.150 e. The van der Waals surface area contributed by atoms with Crippen molar-refractivity contribution in [3.63, 3.8) is 0 Å². The third kappa shape index (κ3) is 3.38. The van der Waals surface area contributed by atoms with Gasteiger partial charge in [0.05, 0.1) is 23.2 Å². The number of rotatable bonds is 6. The van der Waals surface area contributed by atoms with Crippen LogP contribution in [0.4, 0.5) is 0 Å². The fourth-order valence-electron chi connectivity index (χ4n) is 2.10. The fraction of sp³-hybridized carbons (Fsp3) is 0.467. The second-order valence-corrected chi connectivity index (χ2v) is 6.40. The van der Waals surface area contributed by atoms with Gasteiger partial charge in [-0.3, -0.25) is 4.79 Å². The van der Waals surface area contributed by atoms with Gasteiger partial charge >= 0.3 is 0 Å². The number of carbonyl (C=O) groups is 1. The molecule has 3 nitrogen and oxygen atoms in total. The molecule has 1 aromatic heterocycles. The van der Waals surface area contributed by atoms with E-state index in [0.717, 1.165) is 23.4 Å². The van der Waals surface area contributed by atoms with Crippen LogP contribution in [0, 0.1) is 0 Å². The van der Waals surface area contributed by atoms with E-state index in [-0.39, 0.29) is 5.78 Å². The quantitative estimate of drug-likeness (QED) is 0.812. The van der Waals surface area contributed by atoms with Crippen LogP contribution in [0.25, 0.3) is 11.0 Å². The third-order valence-electron chi connectivity index (χ3n) is 2.98. The molecule has 0 N–H and O–H groups in total. The second-order valence-electron chi connectivity index (χ2n) is 4.84. The van der Waals surface area contributed by atoms with E-state index in [1.54, 1.807) is 11.8 Å². The summed E-state index contributed by atoms with van der Waals surface area (Å²) in [5.41, 5.74) is 2.09. The van der Waals surface area contributed by atoms with Crippen molar-refractivity contribution in [3.8, 4) is 0 Å². The van der Waals surface area contributed by atoms with Gasteiger partial charge in [-0.05, 0) is 24.3 Å². The Morgan fingerprint density at radius 1 is 1.37 bits per heavy atom. The number of aryl methyl sites for hydroxylation is 1. The average Bonchev–Trinajstić information content (AvgIpc) is 2.73. The van der Waals surface area contributed by atoms with Crippen LogP contribution < -0.4 is 0 Å². The summed E-state index contributed by atoms with van der Waals surface area (Å²) < 4.78 is 2.13. The Labute approximate surface area is 118 Å². The lowest BCUT2D eigenvalue weighted by molar-refractivity contribution is -0.116. The Morgan fingerprint density at radius 2 is 2.11 bits per heavy atom. The van der Waals surface area contributed by atoms with Crippen LogP contribution in [0.5, 0.6) is 0 Å². The zero-order valence-electron chi connectivity index (χ0n) is 11.7. The molecule has 0 aliphatic rings. The number of thioether (sulfide) groups is 1. The SMILES string of the molecule is CCn1c(CC(=O)CSC(C)C)nc2ccccc21. The van der Waals surface area contributed by atoms with Crippen molar-refractivity contribution in [1.82, 2.24) is 9.55 Å². The minimum absolute atomic E-state index is 0.253. The zero-order chi connectivity index (χ0) is 13.8. The number of imidazole rings is 1. The number of aromatic nitrogens is 2. The number of ketones is 1. The van der Waals surface area contributed by atoms with Crippen molar-refractivity contribution in [2.45, 2.75) is 39.0 Å². The summed E-state index contributed by atoms with van der Waals surface area (Å²) in [6.07, 6.45) is 0.433. The molecule has 1 heterocycles. The Bertz CT molecular complexity index is 575. The van der Waals surface area contributed by atoms with Gasteiger partial charge in [-0.1, -0.05) is 26.0 Å². The maximum Gasteiger partial charge on any atom is 0.150 e. The standard InChI is InChI=1S/C15H20N2OS/c1-4-17-14-8-6-5-7-13(14)16-15(17)9-12(18)10-19-11(2)3/h5-8,11H,4,9-10H2,1-3H3. The Balaban J connectivity index is 2.18. The Morgan fingerprint density at radius 3 is 2.79 bits per heavy atom. The maximum atomic E-state index is 12.0. The lowest BCUT2D eigenvalue weighted by Gasteiger charge is -2.06. The number of nitrogens with zero attached hydrogens (tertiary/aromatic N) is 2. The van der Waals surface area contributed by atoms with E-state index < -0.39 is 0 Å². The average molecular weight is 276 g/mol. The third-order valence-corrected chi connectivity index (χ3v) is 4.14. The van der Waals surface area contributed by atoms with Crippen LogP contribution >= 0.6 is 11.8 Å². The first-order valence-electron chi connectivity index (χ1n) is 6.69. The first kappa shape index (κ1) is 14.1. The van der Waals surface area contributed by atoms with Crippen molar-refractivity contribution in [3.05, 3.63) is 30.1 Å². The highest BCUT2D eigenvalue weighted by atomic mass is 32.2. The van der Waals surface area contributed by atoms with Gasteiger partial charge < -0.3 is 4.57 Å². The number of Topliss-reactive ketones (excluding diaryl/α,β-unsaturated/α-hetero) is 1. The molecule has 102 valence electrons. The number of benzene rings is 1. The number of hydrogen-bond acceptors (Lipinski definition) is 3. The zero-order valence-corrected chi connectivity index (χ0v) is 12.5. The molecule has 19 heavy (non-hydrogen) atoms. The van der Waals surface area contributed by atoms with Crippen molar-refractivity contribution >= 4 is 28.6 Å². The molecule has 0 fully saturated rings. The van der Waals surface area contributed by atoms with Gasteiger partial charge in [0.2, 0.25) is 0 Å². The molecular weight excluding hydrogens is 256 g/mol. The van der Waals surface area contributed by atoms with Crippen LogP contribution in [-0.4, -0.2) is 26.3 Å². The van der Waals surface area contributed by atoms with Crippen LogP contribution in [0.1, 0.15) is 26.6 Å². The monoisotopic (exact) mass is 276 g/mol. The van der Waals surface area contributed by atoms with E-state index in [1.165, 1.54) is 0 Å². The number of fused-ring (bicyclic) bond motifs is 1. The van der Waals surface area contributed by atoms with Crippen LogP contribution in [-0.2, 0) is 17.8 Å². The van der Waals surface area contributed by atoms with Gasteiger partial charge in [0.1, 0.15) is 11.6 Å². The van der Waals surface area contributed by atoms with E-state index in [1.807, 2.05) is 18.2 Å². The van der Waals surface area contributed by atoms with Gasteiger partial charge in [-0.15, -0.1) is 0 Å². The van der Waals surface area contributed by atoms with E-state index >= 15 is 0 Å². The van der Waals surface area contributed by atoms with Crippen molar-refractivity contribution < 1.29 is 4.79 Å². The summed E-state index contributed by atoms with van der Waals surface area (Å²) in [5, 5.41) is 0.494. The number of hydrogen-bond donors (Lipinski definition) is 0. The Kier molecular flexibility index (Phi) is 4.64. The number of carbonyl (C=O) groups excluding carboxylic acids is 1. The normalized spacial score (nSPS) is 11.4. The second kappa shape index (κ2) is 6.24. The highest BCUT2D eigenvalue weighted by Crippen LogP contribution is 2.17. The predicted octanol–water partition coefficient (Wildman–Crippen LogP) is 3.31. The molecule has 0 unspecified atom stereocenters. The molecule has 0 aliphatic heterocycles. The number of para-hydroxylation sites is 2. The first-order valence-corrected chi connectivity index (χ1v) is 7.74. The van der Waals surface area contributed by atoms with Crippen molar-refractivity contribution in [2.24, 2.45) is 0 Å². The van der Waals surface area contributed by atoms with E-state index in [0.29, 0.717) is 17.4 Å². The topological polar surface area (TPSA) is 34.9 Å². The summed E-state index contributed by atoms with van der Waals surface area (Å²) in [6.45, 7) is 7.16. The summed E-state index contributed by atoms with van der Waals surface area (Å²) in [7, 11) is 0. The maximum absolute atomic E-state index is 12.0. The molecular formula is C15H20N2OS. The van der Waals surface area contributed by atoms with E-state index in [4.69, 9.17) is 0 Å². The van der Waals surface area contributed by atoms with E-state index in [2.05, 4.69) is 36.4 Å². The lowest BCUT2D eigenvalue weighted by Crippen LogP contribution is -2.12. The summed E-state index contributed by atoms with van der Waals surface area (Å²) >= 11 is 1.69. The molecule has 0 aliphatic carbocycles. The molecule has 4 heteroatoms. The minimum atomic E-state index is 0.253. The van der Waals surface area contributed by atoms with Gasteiger partial charge in [0.15, 0.2) is 0 Å². The van der Waals surface area contributed by atoms with Crippen LogP contribution in [0.2, 0.25) is 0 Å². The van der Waals surface area contributed by atoms with Crippen LogP contribution in [0.3, 0.4) is 0 Å².